The van der Waals surface area contributed by atoms with E-state index in [0.717, 1.165) is 22.5 Å². The van der Waals surface area contributed by atoms with Gasteiger partial charge in [-0.2, -0.15) is 10.4 Å². The summed E-state index contributed by atoms with van der Waals surface area (Å²) in [5, 5.41) is 13.2. The van der Waals surface area contributed by atoms with Crippen LogP contribution in [-0.4, -0.2) is 12.1 Å². The van der Waals surface area contributed by atoms with Gasteiger partial charge >= 0.3 is 0 Å². The fraction of sp³-hybridized carbons (Fsp3) is 0.133. The molecule has 0 spiro atoms. The Hall–Kier alpha value is -2.65. The third-order valence-electron chi connectivity index (χ3n) is 2.95. The van der Waals surface area contributed by atoms with Gasteiger partial charge in [0.25, 0.3) is 5.91 Å². The van der Waals surface area contributed by atoms with Gasteiger partial charge in [-0.05, 0) is 25.0 Å². The number of aryl methyl sites for hydroxylation is 1. The Morgan fingerprint density at radius 1 is 1.38 bits per heavy atom. The van der Waals surface area contributed by atoms with E-state index in [-0.39, 0.29) is 5.91 Å². The molecule has 0 saturated carbocycles. The molecule has 0 aliphatic rings. The summed E-state index contributed by atoms with van der Waals surface area (Å²) >= 11 is 1.09. The van der Waals surface area contributed by atoms with Crippen LogP contribution in [0.4, 0.5) is 5.00 Å². The molecule has 1 amide bonds. The second-order valence-corrected chi connectivity index (χ2v) is 5.57. The first-order valence-corrected chi connectivity index (χ1v) is 7.03. The van der Waals surface area contributed by atoms with Gasteiger partial charge in [-0.15, -0.1) is 11.3 Å². The molecule has 5 nitrogen and oxygen atoms in total. The number of carbonyl (C=O) groups excluding carboxylic acids is 1. The molecule has 1 heterocycles. The summed E-state index contributed by atoms with van der Waals surface area (Å²) in [5.41, 5.74) is 11.1. The van der Waals surface area contributed by atoms with E-state index >= 15 is 0 Å². The van der Waals surface area contributed by atoms with Crippen molar-refractivity contribution in [2.45, 2.75) is 13.8 Å². The number of nitrogen functional groups attached to an aromatic ring is 1. The normalized spacial score (nSPS) is 10.5. The molecular weight excluding hydrogens is 284 g/mol. The van der Waals surface area contributed by atoms with Crippen molar-refractivity contribution in [1.29, 1.82) is 5.26 Å². The SMILES string of the molecule is Cc1ccc(C=NNC(=O)c2sc(N)c(C#N)c2C)cc1. The summed E-state index contributed by atoms with van der Waals surface area (Å²) < 4.78 is 0. The third kappa shape index (κ3) is 3.27. The predicted octanol–water partition coefficient (Wildman–Crippen LogP) is 2.58. The predicted molar refractivity (Wildman–Crippen MR) is 84.4 cm³/mol. The first kappa shape index (κ1) is 14.8. The highest BCUT2D eigenvalue weighted by atomic mass is 32.1. The van der Waals surface area contributed by atoms with Gasteiger partial charge in [-0.3, -0.25) is 4.79 Å². The fourth-order valence-corrected chi connectivity index (χ4v) is 2.67. The van der Waals surface area contributed by atoms with Gasteiger partial charge in [0.1, 0.15) is 15.9 Å². The Bertz CT molecular complexity index is 738. The number of anilines is 1. The molecule has 1 aromatic heterocycles. The molecule has 0 saturated heterocycles. The number of hydrogen-bond donors (Lipinski definition) is 2. The molecule has 21 heavy (non-hydrogen) atoms. The fourth-order valence-electron chi connectivity index (χ4n) is 1.76. The number of amides is 1. The second-order valence-electron chi connectivity index (χ2n) is 4.52. The van der Waals surface area contributed by atoms with Crippen molar-refractivity contribution in [3.05, 3.63) is 51.4 Å². The Morgan fingerprint density at radius 2 is 2.05 bits per heavy atom. The minimum atomic E-state index is -0.367. The molecule has 0 aliphatic heterocycles. The van der Waals surface area contributed by atoms with Crippen LogP contribution in [0.3, 0.4) is 0 Å². The highest BCUT2D eigenvalue weighted by Gasteiger charge is 2.17. The van der Waals surface area contributed by atoms with E-state index in [9.17, 15) is 4.79 Å². The number of hydrogen-bond acceptors (Lipinski definition) is 5. The van der Waals surface area contributed by atoms with Crippen LogP contribution in [-0.2, 0) is 0 Å². The molecule has 6 heteroatoms. The number of benzene rings is 1. The largest absolute Gasteiger partial charge is 0.389 e. The van der Waals surface area contributed by atoms with Crippen molar-refractivity contribution >= 4 is 28.5 Å². The average molecular weight is 298 g/mol. The van der Waals surface area contributed by atoms with Crippen LogP contribution in [0.5, 0.6) is 0 Å². The third-order valence-corrected chi connectivity index (χ3v) is 4.07. The first-order valence-electron chi connectivity index (χ1n) is 6.22. The zero-order valence-corrected chi connectivity index (χ0v) is 12.5. The highest BCUT2D eigenvalue weighted by molar-refractivity contribution is 7.18. The number of rotatable bonds is 3. The smallest absolute Gasteiger partial charge is 0.281 e. The Labute approximate surface area is 126 Å². The Morgan fingerprint density at radius 3 is 2.62 bits per heavy atom. The van der Waals surface area contributed by atoms with Gasteiger partial charge in [0.2, 0.25) is 0 Å². The van der Waals surface area contributed by atoms with E-state index in [1.165, 1.54) is 0 Å². The van der Waals surface area contributed by atoms with Crippen LogP contribution in [0.15, 0.2) is 29.4 Å². The molecule has 106 valence electrons. The lowest BCUT2D eigenvalue weighted by molar-refractivity contribution is 0.0958. The summed E-state index contributed by atoms with van der Waals surface area (Å²) in [7, 11) is 0. The minimum absolute atomic E-state index is 0.350. The molecule has 2 aromatic rings. The molecule has 0 bridgehead atoms. The molecule has 2 rings (SSSR count). The number of nitrogens with zero attached hydrogens (tertiary/aromatic N) is 2. The van der Waals surface area contributed by atoms with Crippen LogP contribution in [0.2, 0.25) is 0 Å². The summed E-state index contributed by atoms with van der Waals surface area (Å²) in [6.07, 6.45) is 1.56. The van der Waals surface area contributed by atoms with Gasteiger partial charge in [-0.25, -0.2) is 5.43 Å². The maximum Gasteiger partial charge on any atom is 0.281 e. The number of carbonyl (C=O) groups is 1. The standard InChI is InChI=1S/C15H14N4OS/c1-9-3-5-11(6-4-9)8-18-19-15(20)13-10(2)12(7-16)14(17)21-13/h3-6,8H,17H2,1-2H3,(H,19,20). The van der Waals surface area contributed by atoms with Crippen molar-refractivity contribution in [3.8, 4) is 6.07 Å². The van der Waals surface area contributed by atoms with Gasteiger partial charge < -0.3 is 5.73 Å². The quantitative estimate of drug-likeness (QED) is 0.674. The monoisotopic (exact) mass is 298 g/mol. The number of hydrazone groups is 1. The number of nitriles is 1. The van der Waals surface area contributed by atoms with Crippen molar-refractivity contribution < 1.29 is 4.79 Å². The van der Waals surface area contributed by atoms with Gasteiger partial charge in [0, 0.05) is 0 Å². The van der Waals surface area contributed by atoms with E-state index in [4.69, 9.17) is 11.0 Å². The zero-order chi connectivity index (χ0) is 15.4. The van der Waals surface area contributed by atoms with Crippen LogP contribution >= 0.6 is 11.3 Å². The van der Waals surface area contributed by atoms with E-state index < -0.39 is 0 Å². The molecule has 1 aromatic carbocycles. The number of thiophene rings is 1. The van der Waals surface area contributed by atoms with Crippen LogP contribution in [0, 0.1) is 25.2 Å². The summed E-state index contributed by atoms with van der Waals surface area (Å²) in [6, 6.07) is 9.74. The maximum absolute atomic E-state index is 12.0. The lowest BCUT2D eigenvalue weighted by atomic mass is 10.2. The van der Waals surface area contributed by atoms with Gasteiger partial charge in [0.15, 0.2) is 0 Å². The molecule has 0 fully saturated rings. The summed E-state index contributed by atoms with van der Waals surface area (Å²) in [6.45, 7) is 3.70. The maximum atomic E-state index is 12.0. The molecule has 0 aliphatic carbocycles. The lowest BCUT2D eigenvalue weighted by Gasteiger charge is -1.98. The second kappa shape index (κ2) is 6.20. The molecule has 3 N–H and O–H groups in total. The summed E-state index contributed by atoms with van der Waals surface area (Å²) in [5.74, 6) is -0.367. The topological polar surface area (TPSA) is 91.3 Å². The Kier molecular flexibility index (Phi) is 4.36. The van der Waals surface area contributed by atoms with E-state index in [1.807, 2.05) is 37.3 Å². The van der Waals surface area contributed by atoms with Crippen molar-refractivity contribution in [3.63, 3.8) is 0 Å². The van der Waals surface area contributed by atoms with E-state index in [2.05, 4.69) is 10.5 Å². The van der Waals surface area contributed by atoms with Crippen LogP contribution in [0.25, 0.3) is 0 Å². The van der Waals surface area contributed by atoms with Crippen LogP contribution in [0.1, 0.15) is 31.9 Å². The zero-order valence-electron chi connectivity index (χ0n) is 11.7. The van der Waals surface area contributed by atoms with E-state index in [0.29, 0.717) is 21.0 Å². The average Bonchev–Trinajstić information content (AvgIpc) is 2.75. The lowest BCUT2D eigenvalue weighted by Crippen LogP contribution is -2.17. The highest BCUT2D eigenvalue weighted by Crippen LogP contribution is 2.29. The van der Waals surface area contributed by atoms with Crippen molar-refractivity contribution in [1.82, 2.24) is 5.43 Å². The number of nitrogens with two attached hydrogens (primary N) is 1. The Balaban J connectivity index is 2.09. The minimum Gasteiger partial charge on any atom is -0.389 e. The molecule has 0 radical (unpaired) electrons. The summed E-state index contributed by atoms with van der Waals surface area (Å²) in [4.78, 5) is 12.4. The first-order chi connectivity index (χ1) is 10.0. The van der Waals surface area contributed by atoms with Gasteiger partial charge in [0.05, 0.1) is 11.8 Å². The van der Waals surface area contributed by atoms with Gasteiger partial charge in [-0.1, -0.05) is 29.8 Å². The molecular formula is C15H14N4OS. The van der Waals surface area contributed by atoms with Crippen LogP contribution < -0.4 is 11.2 Å². The van der Waals surface area contributed by atoms with E-state index in [1.54, 1.807) is 13.1 Å². The van der Waals surface area contributed by atoms with Crippen molar-refractivity contribution in [2.24, 2.45) is 5.10 Å². The molecule has 0 atom stereocenters. The number of nitrogens with one attached hydrogen (secondary N) is 1. The van der Waals surface area contributed by atoms with Crippen molar-refractivity contribution in [2.75, 3.05) is 5.73 Å². The molecule has 0 unspecified atom stereocenters.